The van der Waals surface area contributed by atoms with Gasteiger partial charge in [0.15, 0.2) is 5.78 Å². The minimum atomic E-state index is -0.342. The van der Waals surface area contributed by atoms with Gasteiger partial charge in [0, 0.05) is 10.4 Å². The molecule has 0 radical (unpaired) electrons. The summed E-state index contributed by atoms with van der Waals surface area (Å²) in [4.78, 5) is 26.0. The second kappa shape index (κ2) is 11.5. The largest absolute Gasteiger partial charge is 0.316 e. The second-order valence-electron chi connectivity index (χ2n) is 7.37. The molecule has 31 heavy (non-hydrogen) atoms. The summed E-state index contributed by atoms with van der Waals surface area (Å²) in [5.41, 5.74) is 3.47. The van der Waals surface area contributed by atoms with E-state index in [1.807, 2.05) is 6.07 Å². The number of unbranched alkanes of at least 4 members (excludes halogenated alkanes) is 1. The number of carbonyl (C=O) groups is 2. The van der Waals surface area contributed by atoms with Crippen molar-refractivity contribution in [2.24, 2.45) is 0 Å². The average molecular weight is 474 g/mol. The molecule has 0 saturated heterocycles. The third kappa shape index (κ3) is 6.42. The van der Waals surface area contributed by atoms with Crippen molar-refractivity contribution in [1.29, 1.82) is 0 Å². The highest BCUT2D eigenvalue weighted by Crippen LogP contribution is 2.32. The molecule has 0 atom stereocenters. The van der Waals surface area contributed by atoms with Crippen LogP contribution in [0.4, 0.5) is 5.00 Å². The maximum absolute atomic E-state index is 13.1. The summed E-state index contributed by atoms with van der Waals surface area (Å²) in [6.07, 6.45) is 5.14. The van der Waals surface area contributed by atoms with E-state index in [2.05, 4.69) is 36.5 Å². The number of anilines is 1. The summed E-state index contributed by atoms with van der Waals surface area (Å²) in [7, 11) is 0. The predicted octanol–water partition coefficient (Wildman–Crippen LogP) is 6.94. The molecule has 1 amide bonds. The summed E-state index contributed by atoms with van der Waals surface area (Å²) in [5, 5.41) is 3.66. The summed E-state index contributed by atoms with van der Waals surface area (Å²) >= 11 is 13.3. The van der Waals surface area contributed by atoms with Crippen molar-refractivity contribution in [3.8, 4) is 0 Å². The molecule has 2 aromatic carbocycles. The maximum atomic E-state index is 13.1. The molecule has 0 fully saturated rings. The van der Waals surface area contributed by atoms with Crippen molar-refractivity contribution in [3.05, 3.63) is 86.8 Å². The van der Waals surface area contributed by atoms with Gasteiger partial charge in [-0.05, 0) is 55.0 Å². The molecule has 0 spiro atoms. The Kier molecular flexibility index (Phi) is 8.70. The molecule has 3 nitrogen and oxygen atoms in total. The van der Waals surface area contributed by atoms with Crippen LogP contribution in [0.15, 0.2) is 54.6 Å². The van der Waals surface area contributed by atoms with Crippen molar-refractivity contribution in [2.75, 3.05) is 11.2 Å². The highest BCUT2D eigenvalue weighted by Gasteiger charge is 2.21. The first-order valence-corrected chi connectivity index (χ1v) is 12.1. The fourth-order valence-electron chi connectivity index (χ4n) is 3.30. The van der Waals surface area contributed by atoms with E-state index < -0.39 is 0 Å². The molecule has 3 rings (SSSR count). The zero-order valence-electron chi connectivity index (χ0n) is 17.4. The molecule has 1 N–H and O–H groups in total. The number of hydrogen-bond donors (Lipinski definition) is 1. The van der Waals surface area contributed by atoms with Crippen LogP contribution in [-0.2, 0) is 24.1 Å². The Morgan fingerprint density at radius 1 is 0.935 bits per heavy atom. The molecule has 0 unspecified atom stereocenters. The quantitative estimate of drug-likeness (QED) is 0.256. The van der Waals surface area contributed by atoms with E-state index in [4.69, 9.17) is 23.2 Å². The number of rotatable bonds is 10. The van der Waals surface area contributed by atoms with Crippen LogP contribution in [0.2, 0.25) is 5.02 Å². The number of nitrogens with one attached hydrogen (secondary N) is 1. The molecule has 162 valence electrons. The van der Waals surface area contributed by atoms with E-state index in [1.165, 1.54) is 35.3 Å². The van der Waals surface area contributed by atoms with E-state index in [-0.39, 0.29) is 17.6 Å². The van der Waals surface area contributed by atoms with Gasteiger partial charge in [0.25, 0.3) is 0 Å². The molecule has 6 heteroatoms. The van der Waals surface area contributed by atoms with Crippen molar-refractivity contribution in [3.63, 3.8) is 0 Å². The van der Waals surface area contributed by atoms with Gasteiger partial charge < -0.3 is 5.32 Å². The zero-order valence-corrected chi connectivity index (χ0v) is 19.7. The Bertz CT molecular complexity index is 1040. The Morgan fingerprint density at radius 3 is 2.26 bits per heavy atom. The number of aryl methyl sites for hydroxylation is 3. The Morgan fingerprint density at radius 2 is 1.61 bits per heavy atom. The number of carbonyl (C=O) groups excluding carboxylic acids is 2. The van der Waals surface area contributed by atoms with Crippen LogP contribution in [0.1, 0.15) is 51.7 Å². The van der Waals surface area contributed by atoms with Crippen LogP contribution in [0.25, 0.3) is 0 Å². The van der Waals surface area contributed by atoms with Gasteiger partial charge in [0.1, 0.15) is 10.9 Å². The third-order valence-electron chi connectivity index (χ3n) is 5.02. The predicted molar refractivity (Wildman–Crippen MR) is 131 cm³/mol. The fourth-order valence-corrected chi connectivity index (χ4v) is 4.66. The molecule has 0 aliphatic heterocycles. The van der Waals surface area contributed by atoms with Crippen LogP contribution in [-0.4, -0.2) is 17.6 Å². The van der Waals surface area contributed by atoms with Crippen LogP contribution >= 0.6 is 34.5 Å². The van der Waals surface area contributed by atoms with E-state index in [9.17, 15) is 9.59 Å². The first kappa shape index (κ1) is 23.5. The molecule has 1 aromatic heterocycles. The van der Waals surface area contributed by atoms with Gasteiger partial charge in [-0.3, -0.25) is 9.59 Å². The lowest BCUT2D eigenvalue weighted by Crippen LogP contribution is -2.14. The number of alkyl halides is 1. The average Bonchev–Trinajstić information content (AvgIpc) is 3.19. The number of hydrogen-bond acceptors (Lipinski definition) is 3. The molecule has 0 bridgehead atoms. The molecule has 1 heterocycles. The monoisotopic (exact) mass is 473 g/mol. The normalized spacial score (nSPS) is 10.8. The van der Waals surface area contributed by atoms with Crippen molar-refractivity contribution in [1.82, 2.24) is 0 Å². The lowest BCUT2D eigenvalue weighted by atomic mass is 10.0. The molecule has 0 saturated carbocycles. The lowest BCUT2D eigenvalue weighted by molar-refractivity contribution is -0.113. The summed E-state index contributed by atoms with van der Waals surface area (Å²) in [6, 6.07) is 17.5. The minimum Gasteiger partial charge on any atom is -0.316 e. The van der Waals surface area contributed by atoms with Gasteiger partial charge >= 0.3 is 0 Å². The second-order valence-corrected chi connectivity index (χ2v) is 9.18. The van der Waals surface area contributed by atoms with Crippen molar-refractivity contribution in [2.45, 2.75) is 39.0 Å². The van der Waals surface area contributed by atoms with E-state index in [1.54, 1.807) is 24.3 Å². The maximum Gasteiger partial charge on any atom is 0.239 e. The Labute approximate surface area is 197 Å². The van der Waals surface area contributed by atoms with Gasteiger partial charge in [-0.25, -0.2) is 0 Å². The summed E-state index contributed by atoms with van der Waals surface area (Å²) in [5.74, 6) is -0.721. The summed E-state index contributed by atoms with van der Waals surface area (Å²) < 4.78 is 0. The van der Waals surface area contributed by atoms with E-state index in [0.29, 0.717) is 21.2 Å². The number of benzene rings is 2. The first-order chi connectivity index (χ1) is 15.0. The smallest absolute Gasteiger partial charge is 0.239 e. The van der Waals surface area contributed by atoms with Crippen LogP contribution in [0, 0.1) is 0 Å². The number of ketones is 1. The van der Waals surface area contributed by atoms with E-state index in [0.717, 1.165) is 24.1 Å². The number of thiophene rings is 1. The van der Waals surface area contributed by atoms with Crippen molar-refractivity contribution >= 4 is 51.2 Å². The molecule has 3 aromatic rings. The minimum absolute atomic E-state index is 0.169. The number of halogens is 2. The van der Waals surface area contributed by atoms with Crippen molar-refractivity contribution < 1.29 is 9.59 Å². The third-order valence-corrected chi connectivity index (χ3v) is 6.71. The highest BCUT2D eigenvalue weighted by molar-refractivity contribution is 7.16. The fraction of sp³-hybridized carbons (Fsp3) is 0.280. The van der Waals surface area contributed by atoms with Crippen LogP contribution < -0.4 is 5.32 Å². The Hall–Kier alpha value is -2.14. The van der Waals surface area contributed by atoms with Gasteiger partial charge in [0.05, 0.1) is 10.6 Å². The zero-order chi connectivity index (χ0) is 22.2. The molecule has 0 aliphatic carbocycles. The molecular weight excluding hydrogens is 449 g/mol. The Balaban J connectivity index is 1.78. The van der Waals surface area contributed by atoms with Gasteiger partial charge in [-0.1, -0.05) is 61.3 Å². The SMILES string of the molecule is CCCCc1ccc(CCc2cc(C(=O)c3ccccc3Cl)c(NC(=O)CCl)s2)cc1. The number of amides is 1. The van der Waals surface area contributed by atoms with Gasteiger partial charge in [0.2, 0.25) is 5.91 Å². The van der Waals surface area contributed by atoms with Crippen LogP contribution in [0.5, 0.6) is 0 Å². The van der Waals surface area contributed by atoms with E-state index >= 15 is 0 Å². The molecule has 0 aliphatic rings. The standard InChI is InChI=1S/C25H25Cl2NO2S/c1-2-3-6-17-9-11-18(12-10-17)13-14-19-15-21(25(31-19)28-23(29)16-26)24(30)20-7-4-5-8-22(20)27/h4-5,7-12,15H,2-3,6,13-14,16H2,1H3,(H,28,29). The van der Waals surface area contributed by atoms with Crippen LogP contribution in [0.3, 0.4) is 0 Å². The lowest BCUT2D eigenvalue weighted by Gasteiger charge is -2.05. The van der Waals surface area contributed by atoms with Gasteiger partial charge in [-0.2, -0.15) is 0 Å². The highest BCUT2D eigenvalue weighted by atomic mass is 35.5. The molecular formula is C25H25Cl2NO2S. The summed E-state index contributed by atoms with van der Waals surface area (Å²) in [6.45, 7) is 2.20. The van der Waals surface area contributed by atoms with Gasteiger partial charge in [-0.15, -0.1) is 22.9 Å². The first-order valence-electron chi connectivity index (χ1n) is 10.4. The topological polar surface area (TPSA) is 46.2 Å².